The van der Waals surface area contributed by atoms with Crippen LogP contribution in [-0.4, -0.2) is 40.2 Å². The summed E-state index contributed by atoms with van der Waals surface area (Å²) in [5.74, 6) is 0.997. The summed E-state index contributed by atoms with van der Waals surface area (Å²) >= 11 is 0. The predicted molar refractivity (Wildman–Crippen MR) is 99.2 cm³/mol. The largest absolute Gasteiger partial charge is 0.493 e. The average molecular weight is 372 g/mol. The lowest BCUT2D eigenvalue weighted by molar-refractivity contribution is 0.102. The Kier molecular flexibility index (Phi) is 5.85. The van der Waals surface area contributed by atoms with Crippen LogP contribution >= 0.6 is 0 Å². The molecule has 8 heteroatoms. The molecule has 0 unspecified atom stereocenters. The van der Waals surface area contributed by atoms with Crippen molar-refractivity contribution < 1.29 is 18.7 Å². The fraction of sp³-hybridized carbons (Fsp3) is 0.316. The van der Waals surface area contributed by atoms with Crippen LogP contribution in [0.3, 0.4) is 0 Å². The molecule has 0 saturated heterocycles. The first-order valence-electron chi connectivity index (χ1n) is 8.66. The van der Waals surface area contributed by atoms with Crippen molar-refractivity contribution in [2.45, 2.75) is 25.9 Å². The third kappa shape index (κ3) is 4.93. The van der Waals surface area contributed by atoms with E-state index in [0.29, 0.717) is 35.3 Å². The molecule has 7 nitrogen and oxygen atoms in total. The number of hydrogen-bond acceptors (Lipinski definition) is 5. The average Bonchev–Trinajstić information content (AvgIpc) is 3.32. The van der Waals surface area contributed by atoms with E-state index in [2.05, 4.69) is 15.3 Å². The van der Waals surface area contributed by atoms with Gasteiger partial charge in [0.05, 0.1) is 19.3 Å². The molecule has 1 aliphatic carbocycles. The lowest BCUT2D eigenvalue weighted by Gasteiger charge is -2.11. The smallest absolute Gasteiger partial charge is 0.262 e. The van der Waals surface area contributed by atoms with Crippen LogP contribution in [0.2, 0.25) is 0 Å². The van der Waals surface area contributed by atoms with Crippen molar-refractivity contribution in [3.8, 4) is 11.6 Å². The Bertz CT molecular complexity index is 924. The van der Waals surface area contributed by atoms with Crippen molar-refractivity contribution in [1.29, 1.82) is 0 Å². The summed E-state index contributed by atoms with van der Waals surface area (Å²) in [6.07, 6.45) is 6.34. The maximum Gasteiger partial charge on any atom is 0.262 e. The first kappa shape index (κ1) is 18.6. The van der Waals surface area contributed by atoms with Crippen LogP contribution in [0.1, 0.15) is 30.1 Å². The normalized spacial score (nSPS) is 12.9. The number of hydrogen-bond donors (Lipinski definition) is 1. The number of aromatic nitrogens is 3. The van der Waals surface area contributed by atoms with Gasteiger partial charge in [0.2, 0.25) is 5.88 Å². The molecule has 1 amide bonds. The van der Waals surface area contributed by atoms with Crippen LogP contribution in [-0.2, 0) is 0 Å². The Labute approximate surface area is 156 Å². The van der Waals surface area contributed by atoms with Gasteiger partial charge in [-0.2, -0.15) is 4.98 Å². The molecule has 0 spiro atoms. The number of rotatable bonds is 5. The number of ether oxygens (including phenoxy) is 2. The highest BCUT2D eigenvalue weighted by Gasteiger charge is 2.18. The topological polar surface area (TPSA) is 77.8 Å². The Morgan fingerprint density at radius 3 is 2.85 bits per heavy atom. The molecule has 0 aromatic carbocycles. The van der Waals surface area contributed by atoms with Gasteiger partial charge < -0.3 is 19.2 Å². The molecule has 1 N–H and O–H groups in total. The molecule has 0 atom stereocenters. The van der Waals surface area contributed by atoms with Crippen LogP contribution in [0.25, 0.3) is 5.65 Å². The van der Waals surface area contributed by atoms with E-state index in [1.165, 1.54) is 7.11 Å². The number of nitrogens with zero attached hydrogens (tertiary/aromatic N) is 3. The molecule has 0 bridgehead atoms. The molecule has 4 rings (SSSR count). The van der Waals surface area contributed by atoms with Crippen LogP contribution in [0.15, 0.2) is 42.9 Å². The first-order valence-corrected chi connectivity index (χ1v) is 8.66. The van der Waals surface area contributed by atoms with Crippen LogP contribution in [0.5, 0.6) is 11.6 Å². The predicted octanol–water partition coefficient (Wildman–Crippen LogP) is 3.51. The zero-order valence-electron chi connectivity index (χ0n) is 15.2. The fourth-order valence-electron chi connectivity index (χ4n) is 2.23. The van der Waals surface area contributed by atoms with Crippen LogP contribution in [0, 0.1) is 0 Å². The number of carbonyl (C=O) groups is 1. The Hall–Kier alpha value is -3.16. The summed E-state index contributed by atoms with van der Waals surface area (Å²) in [6, 6.07) is 6.89. The second-order valence-corrected chi connectivity index (χ2v) is 5.87. The van der Waals surface area contributed by atoms with Crippen molar-refractivity contribution in [1.82, 2.24) is 14.4 Å². The molecule has 3 heterocycles. The third-order valence-electron chi connectivity index (χ3n) is 3.72. The van der Waals surface area contributed by atoms with E-state index in [1.54, 1.807) is 47.3 Å². The molecule has 0 aliphatic heterocycles. The van der Waals surface area contributed by atoms with Crippen molar-refractivity contribution in [3.63, 3.8) is 0 Å². The highest BCUT2D eigenvalue weighted by atomic mass is 19.1. The molecular weight excluding hydrogens is 351 g/mol. The van der Waals surface area contributed by atoms with Crippen LogP contribution < -0.4 is 14.8 Å². The lowest BCUT2D eigenvalue weighted by atomic mass is 10.2. The number of imidazole rings is 1. The number of carbonyl (C=O) groups excluding carboxylic acids is 1. The summed E-state index contributed by atoms with van der Waals surface area (Å²) in [4.78, 5) is 20.9. The summed E-state index contributed by atoms with van der Waals surface area (Å²) in [5.41, 5.74) is 1.12. The first-order chi connectivity index (χ1) is 13.1. The quantitative estimate of drug-likeness (QED) is 0.742. The summed E-state index contributed by atoms with van der Waals surface area (Å²) < 4.78 is 23.5. The second kappa shape index (κ2) is 8.48. The number of methoxy groups -OCH3 is 1. The molecule has 1 saturated carbocycles. The maximum atomic E-state index is 12.6. The van der Waals surface area contributed by atoms with Crippen LogP contribution in [0.4, 0.5) is 10.2 Å². The van der Waals surface area contributed by atoms with Crippen molar-refractivity contribution >= 4 is 17.4 Å². The van der Waals surface area contributed by atoms with Gasteiger partial charge in [0, 0.05) is 30.7 Å². The lowest BCUT2D eigenvalue weighted by Crippen LogP contribution is -2.15. The maximum absolute atomic E-state index is 12.6. The van der Waals surface area contributed by atoms with Gasteiger partial charge in [0.15, 0.2) is 0 Å². The second-order valence-electron chi connectivity index (χ2n) is 5.87. The zero-order chi connectivity index (χ0) is 19.2. The highest BCUT2D eigenvalue weighted by Crippen LogP contribution is 2.23. The van der Waals surface area contributed by atoms with Crippen molar-refractivity contribution in [2.75, 3.05) is 19.0 Å². The van der Waals surface area contributed by atoms with E-state index in [0.717, 1.165) is 12.8 Å². The number of amides is 1. The van der Waals surface area contributed by atoms with Gasteiger partial charge >= 0.3 is 0 Å². The minimum atomic E-state index is -0.417. The summed E-state index contributed by atoms with van der Waals surface area (Å²) in [6.45, 7) is 2.32. The minimum absolute atomic E-state index is 0.315. The Morgan fingerprint density at radius 1 is 1.41 bits per heavy atom. The Balaban J connectivity index is 0.000000466. The number of halogens is 1. The number of anilines is 1. The SMILES string of the molecule is CCOc1cc2nccn2cc1C(=O)Nc1cccc(OC)n1.FC1CC1. The van der Waals surface area contributed by atoms with E-state index in [9.17, 15) is 9.18 Å². The molecular formula is C19H21FN4O3. The number of alkyl halides is 1. The Morgan fingerprint density at radius 2 is 2.19 bits per heavy atom. The van der Waals surface area contributed by atoms with Gasteiger partial charge in [-0.25, -0.2) is 9.37 Å². The van der Waals surface area contributed by atoms with Gasteiger partial charge in [-0.3, -0.25) is 4.79 Å². The van der Waals surface area contributed by atoms with E-state index < -0.39 is 6.17 Å². The fourth-order valence-corrected chi connectivity index (χ4v) is 2.23. The molecule has 3 aromatic rings. The van der Waals surface area contributed by atoms with Crippen molar-refractivity contribution in [2.24, 2.45) is 0 Å². The summed E-state index contributed by atoms with van der Waals surface area (Å²) in [5, 5.41) is 2.74. The monoisotopic (exact) mass is 372 g/mol. The van der Waals surface area contributed by atoms with E-state index >= 15 is 0 Å². The van der Waals surface area contributed by atoms with Gasteiger partial charge in [-0.15, -0.1) is 0 Å². The molecule has 27 heavy (non-hydrogen) atoms. The van der Waals surface area contributed by atoms with E-state index in [1.807, 2.05) is 6.92 Å². The highest BCUT2D eigenvalue weighted by molar-refractivity contribution is 6.05. The summed E-state index contributed by atoms with van der Waals surface area (Å²) in [7, 11) is 1.52. The molecule has 0 radical (unpaired) electrons. The number of pyridine rings is 2. The van der Waals surface area contributed by atoms with Gasteiger partial charge in [-0.05, 0) is 25.8 Å². The number of nitrogens with one attached hydrogen (secondary N) is 1. The van der Waals surface area contributed by atoms with E-state index in [-0.39, 0.29) is 5.91 Å². The van der Waals surface area contributed by atoms with Gasteiger partial charge in [-0.1, -0.05) is 6.07 Å². The van der Waals surface area contributed by atoms with Crippen molar-refractivity contribution in [3.05, 3.63) is 48.4 Å². The molecule has 1 aliphatic rings. The third-order valence-corrected chi connectivity index (χ3v) is 3.72. The van der Waals surface area contributed by atoms with Gasteiger partial charge in [0.1, 0.15) is 23.4 Å². The standard InChI is InChI=1S/C16H16N4O3.C3H5F/c1-3-23-12-9-14-17-7-8-20(14)10-11(12)16(21)19-13-5-4-6-15(18-13)22-2;4-3-1-2-3/h4-10H,3H2,1-2H3,(H,18,19,21);3H,1-2H2. The minimum Gasteiger partial charge on any atom is -0.493 e. The number of fused-ring (bicyclic) bond motifs is 1. The molecule has 142 valence electrons. The zero-order valence-corrected chi connectivity index (χ0v) is 15.2. The molecule has 3 aromatic heterocycles. The van der Waals surface area contributed by atoms with Gasteiger partial charge in [0.25, 0.3) is 5.91 Å². The molecule has 1 fully saturated rings. The van der Waals surface area contributed by atoms with E-state index in [4.69, 9.17) is 9.47 Å².